The third kappa shape index (κ3) is 5.64. The lowest BCUT2D eigenvalue weighted by Crippen LogP contribution is -2.47. The van der Waals surface area contributed by atoms with Crippen molar-refractivity contribution in [2.45, 2.75) is 19.4 Å². The summed E-state index contributed by atoms with van der Waals surface area (Å²) in [5.41, 5.74) is 1.12. The highest BCUT2D eigenvalue weighted by Gasteiger charge is 2.27. The highest BCUT2D eigenvalue weighted by atomic mass is 35.5. The summed E-state index contributed by atoms with van der Waals surface area (Å²) < 4.78 is 29.4. The first-order valence-electron chi connectivity index (χ1n) is 7.85. The van der Waals surface area contributed by atoms with Crippen molar-refractivity contribution in [3.8, 4) is 5.75 Å². The van der Waals surface area contributed by atoms with E-state index in [0.717, 1.165) is 30.9 Å². The lowest BCUT2D eigenvalue weighted by atomic mass is 10.0. The van der Waals surface area contributed by atoms with Gasteiger partial charge in [-0.05, 0) is 12.5 Å². The standard InChI is InChI=1S/C16H26N2O3S.ClH/c1-3-11-22(19,20)12-10-18-9-8-17-13-15(18)14-6-4-5-7-16(14)21-2;/h4-7,15,17H,3,8-13H2,1-2H3;1H. The number of sulfone groups is 1. The van der Waals surface area contributed by atoms with Gasteiger partial charge < -0.3 is 10.1 Å². The van der Waals surface area contributed by atoms with Crippen LogP contribution in [0.15, 0.2) is 24.3 Å². The normalized spacial score (nSPS) is 19.1. The van der Waals surface area contributed by atoms with Crippen molar-refractivity contribution in [3.05, 3.63) is 29.8 Å². The molecule has 1 saturated heterocycles. The monoisotopic (exact) mass is 362 g/mol. The van der Waals surface area contributed by atoms with Gasteiger partial charge in [0.2, 0.25) is 0 Å². The van der Waals surface area contributed by atoms with Crippen LogP contribution in [0.1, 0.15) is 24.9 Å². The van der Waals surface area contributed by atoms with E-state index < -0.39 is 9.84 Å². The number of methoxy groups -OCH3 is 1. The van der Waals surface area contributed by atoms with Crippen molar-refractivity contribution >= 4 is 22.2 Å². The van der Waals surface area contributed by atoms with Gasteiger partial charge in [-0.15, -0.1) is 12.4 Å². The summed E-state index contributed by atoms with van der Waals surface area (Å²) in [6.45, 7) is 5.03. The van der Waals surface area contributed by atoms with Crippen LogP contribution in [0.4, 0.5) is 0 Å². The van der Waals surface area contributed by atoms with Crippen LogP contribution in [0.5, 0.6) is 5.75 Å². The number of piperazine rings is 1. The van der Waals surface area contributed by atoms with Gasteiger partial charge in [-0.3, -0.25) is 4.90 Å². The average Bonchev–Trinajstić information content (AvgIpc) is 2.53. The number of rotatable bonds is 7. The predicted molar refractivity (Wildman–Crippen MR) is 96.4 cm³/mol. The predicted octanol–water partition coefficient (Wildman–Crippen LogP) is 1.89. The molecule has 1 aromatic rings. The summed E-state index contributed by atoms with van der Waals surface area (Å²) in [7, 11) is -1.27. The molecule has 0 aliphatic carbocycles. The largest absolute Gasteiger partial charge is 0.496 e. The van der Waals surface area contributed by atoms with Crippen LogP contribution in [0, 0.1) is 0 Å². The van der Waals surface area contributed by atoms with Gasteiger partial charge in [-0.25, -0.2) is 8.42 Å². The third-order valence-corrected chi connectivity index (χ3v) is 5.89. The van der Waals surface area contributed by atoms with Gasteiger partial charge in [0.1, 0.15) is 5.75 Å². The van der Waals surface area contributed by atoms with E-state index in [1.54, 1.807) is 7.11 Å². The minimum Gasteiger partial charge on any atom is -0.496 e. The van der Waals surface area contributed by atoms with Crippen LogP contribution in [-0.4, -0.2) is 58.1 Å². The van der Waals surface area contributed by atoms with Crippen LogP contribution in [0.3, 0.4) is 0 Å². The Kier molecular flexibility index (Phi) is 8.33. The molecular weight excluding hydrogens is 336 g/mol. The quantitative estimate of drug-likeness (QED) is 0.802. The van der Waals surface area contributed by atoms with Gasteiger partial charge in [-0.1, -0.05) is 25.1 Å². The molecule has 7 heteroatoms. The minimum atomic E-state index is -2.95. The first-order valence-corrected chi connectivity index (χ1v) is 9.67. The Balaban J connectivity index is 0.00000264. The fourth-order valence-corrected chi connectivity index (χ4v) is 4.27. The van der Waals surface area contributed by atoms with Crippen LogP contribution >= 0.6 is 12.4 Å². The number of hydrogen-bond acceptors (Lipinski definition) is 5. The minimum absolute atomic E-state index is 0. The van der Waals surface area contributed by atoms with E-state index in [0.29, 0.717) is 13.0 Å². The number of nitrogens with zero attached hydrogens (tertiary/aromatic N) is 1. The molecule has 1 aliphatic heterocycles. The molecule has 0 radical (unpaired) electrons. The molecule has 1 N–H and O–H groups in total. The molecule has 0 saturated carbocycles. The van der Waals surface area contributed by atoms with E-state index in [1.165, 1.54) is 0 Å². The molecule has 0 aromatic heterocycles. The maximum absolute atomic E-state index is 12.0. The summed E-state index contributed by atoms with van der Waals surface area (Å²) in [4.78, 5) is 2.25. The number of ether oxygens (including phenoxy) is 1. The first-order chi connectivity index (χ1) is 10.6. The van der Waals surface area contributed by atoms with Gasteiger partial charge in [0.15, 0.2) is 9.84 Å². The zero-order valence-corrected chi connectivity index (χ0v) is 15.5. The molecule has 5 nitrogen and oxygen atoms in total. The lowest BCUT2D eigenvalue weighted by Gasteiger charge is -2.37. The van der Waals surface area contributed by atoms with Crippen molar-refractivity contribution in [1.29, 1.82) is 0 Å². The zero-order valence-electron chi connectivity index (χ0n) is 13.8. The molecule has 0 bridgehead atoms. The fraction of sp³-hybridized carbons (Fsp3) is 0.625. The molecule has 1 aromatic carbocycles. The van der Waals surface area contributed by atoms with Crippen molar-refractivity contribution in [2.75, 3.05) is 44.8 Å². The third-order valence-electron chi connectivity index (χ3n) is 4.06. The zero-order chi connectivity index (χ0) is 16.0. The van der Waals surface area contributed by atoms with Crippen LogP contribution in [0.25, 0.3) is 0 Å². The van der Waals surface area contributed by atoms with E-state index in [9.17, 15) is 8.42 Å². The molecule has 1 atom stereocenters. The van der Waals surface area contributed by atoms with Gasteiger partial charge in [0.05, 0.1) is 18.9 Å². The molecule has 1 aliphatic rings. The summed E-state index contributed by atoms with van der Waals surface area (Å²) in [5.74, 6) is 1.36. The van der Waals surface area contributed by atoms with E-state index >= 15 is 0 Å². The number of para-hydroxylation sites is 1. The molecule has 23 heavy (non-hydrogen) atoms. The maximum Gasteiger partial charge on any atom is 0.151 e. The number of halogens is 1. The molecule has 1 heterocycles. The second-order valence-electron chi connectivity index (χ2n) is 5.65. The van der Waals surface area contributed by atoms with E-state index in [2.05, 4.69) is 16.3 Å². The van der Waals surface area contributed by atoms with E-state index in [1.807, 2.05) is 25.1 Å². The van der Waals surface area contributed by atoms with Gasteiger partial charge in [-0.2, -0.15) is 0 Å². The second kappa shape index (κ2) is 9.47. The van der Waals surface area contributed by atoms with E-state index in [4.69, 9.17) is 4.74 Å². The Hall–Kier alpha value is -0.820. The Morgan fingerprint density at radius 1 is 1.30 bits per heavy atom. The van der Waals surface area contributed by atoms with Crippen LogP contribution in [0.2, 0.25) is 0 Å². The number of benzene rings is 1. The Bertz CT molecular complexity index is 580. The number of hydrogen-bond donors (Lipinski definition) is 1. The molecule has 1 unspecified atom stereocenters. The topological polar surface area (TPSA) is 58.6 Å². The van der Waals surface area contributed by atoms with Crippen LogP contribution in [-0.2, 0) is 9.84 Å². The molecule has 0 amide bonds. The maximum atomic E-state index is 12.0. The van der Waals surface area contributed by atoms with E-state index in [-0.39, 0.29) is 30.0 Å². The fourth-order valence-electron chi connectivity index (χ4n) is 2.93. The molecule has 1 fully saturated rings. The van der Waals surface area contributed by atoms with Crippen molar-refractivity contribution in [2.24, 2.45) is 0 Å². The number of nitrogens with one attached hydrogen (secondary N) is 1. The highest BCUT2D eigenvalue weighted by molar-refractivity contribution is 7.91. The first kappa shape index (κ1) is 20.2. The summed E-state index contributed by atoms with van der Waals surface area (Å²) in [6.07, 6.45) is 0.680. The molecule has 2 rings (SSSR count). The van der Waals surface area contributed by atoms with Crippen molar-refractivity contribution in [1.82, 2.24) is 10.2 Å². The summed E-state index contributed by atoms with van der Waals surface area (Å²) in [5, 5.41) is 3.39. The Labute approximate surface area is 145 Å². The summed E-state index contributed by atoms with van der Waals surface area (Å²) in [6, 6.07) is 8.12. The van der Waals surface area contributed by atoms with Gasteiger partial charge >= 0.3 is 0 Å². The van der Waals surface area contributed by atoms with Crippen LogP contribution < -0.4 is 10.1 Å². The Morgan fingerprint density at radius 2 is 2.04 bits per heavy atom. The average molecular weight is 363 g/mol. The van der Waals surface area contributed by atoms with Crippen molar-refractivity contribution < 1.29 is 13.2 Å². The Morgan fingerprint density at radius 3 is 2.74 bits per heavy atom. The molecule has 132 valence electrons. The van der Waals surface area contributed by atoms with Gasteiger partial charge in [0, 0.05) is 37.5 Å². The molecular formula is C16H27ClN2O3S. The highest BCUT2D eigenvalue weighted by Crippen LogP contribution is 2.29. The SMILES string of the molecule is CCCS(=O)(=O)CCN1CCNCC1c1ccccc1OC.Cl. The lowest BCUT2D eigenvalue weighted by molar-refractivity contribution is 0.168. The van der Waals surface area contributed by atoms with Gasteiger partial charge in [0.25, 0.3) is 0 Å². The second-order valence-corrected chi connectivity index (χ2v) is 7.95. The summed E-state index contributed by atoms with van der Waals surface area (Å²) >= 11 is 0. The molecule has 0 spiro atoms. The smallest absolute Gasteiger partial charge is 0.151 e. The van der Waals surface area contributed by atoms with Crippen molar-refractivity contribution in [3.63, 3.8) is 0 Å².